The molecule has 0 bridgehead atoms. The second-order valence-corrected chi connectivity index (χ2v) is 7.17. The Kier molecular flexibility index (Phi) is 6.21. The van der Waals surface area contributed by atoms with Crippen molar-refractivity contribution in [1.29, 1.82) is 0 Å². The third-order valence-corrected chi connectivity index (χ3v) is 5.34. The van der Waals surface area contributed by atoms with E-state index in [1.54, 1.807) is 0 Å². The fourth-order valence-electron chi connectivity index (χ4n) is 3.04. The van der Waals surface area contributed by atoms with E-state index in [9.17, 15) is 9.59 Å². The summed E-state index contributed by atoms with van der Waals surface area (Å²) in [6.07, 6.45) is 12.6. The van der Waals surface area contributed by atoms with Crippen molar-refractivity contribution in [3.05, 3.63) is 68.8 Å². The highest BCUT2D eigenvalue weighted by atomic mass is 32.1. The van der Waals surface area contributed by atoms with Crippen LogP contribution in [0.2, 0.25) is 0 Å². The summed E-state index contributed by atoms with van der Waals surface area (Å²) in [7, 11) is 0. The third-order valence-electron chi connectivity index (χ3n) is 4.47. The van der Waals surface area contributed by atoms with Gasteiger partial charge in [-0.15, -0.1) is 11.3 Å². The van der Waals surface area contributed by atoms with Crippen molar-refractivity contribution in [3.63, 3.8) is 0 Å². The maximum absolute atomic E-state index is 12.5. The van der Waals surface area contributed by atoms with Crippen LogP contribution in [-0.4, -0.2) is 21.7 Å². The summed E-state index contributed by atoms with van der Waals surface area (Å²) in [4.78, 5) is 32.5. The van der Waals surface area contributed by atoms with Crippen LogP contribution in [0.3, 0.4) is 0 Å². The van der Waals surface area contributed by atoms with Crippen LogP contribution in [0.25, 0.3) is 17.7 Å². The zero-order valence-electron chi connectivity index (χ0n) is 15.9. The van der Waals surface area contributed by atoms with Crippen molar-refractivity contribution in [1.82, 2.24) is 9.97 Å². The Labute approximate surface area is 167 Å². The number of amides is 1. The molecular weight excluding hydrogens is 370 g/mol. The van der Waals surface area contributed by atoms with Gasteiger partial charge in [0, 0.05) is 5.57 Å². The molecule has 0 saturated heterocycles. The average Bonchev–Trinajstić information content (AvgIpc) is 3.33. The van der Waals surface area contributed by atoms with Crippen molar-refractivity contribution in [2.24, 2.45) is 11.7 Å². The average molecular weight is 394 g/mol. The van der Waals surface area contributed by atoms with E-state index in [2.05, 4.69) is 9.97 Å². The van der Waals surface area contributed by atoms with Crippen molar-refractivity contribution >= 4 is 40.8 Å². The van der Waals surface area contributed by atoms with Gasteiger partial charge in [0.05, 0.1) is 21.5 Å². The van der Waals surface area contributed by atoms with Crippen LogP contribution in [0.4, 0.5) is 0 Å². The first-order chi connectivity index (χ1) is 13.6. The molecule has 2 aromatic rings. The largest absolute Gasteiger partial charge is 0.369 e. The Hall–Kier alpha value is -2.99. The van der Waals surface area contributed by atoms with Gasteiger partial charge in [-0.2, -0.15) is 0 Å². The predicted octanol–water partition coefficient (Wildman–Crippen LogP) is 2.72. The highest BCUT2D eigenvalue weighted by Gasteiger charge is 2.17. The van der Waals surface area contributed by atoms with E-state index in [0.29, 0.717) is 18.4 Å². The number of fused-ring (bicyclic) bond motifs is 1. The SMILES string of the molecule is CC.NC(=O)C1C=c2[nH]c(C3=CC=C(C(=O)c4cccs4)C=CC3)nc2=CC1. The molecule has 1 amide bonds. The Balaban J connectivity index is 0.00000109. The number of allylic oxidation sites excluding steroid dienone is 6. The molecule has 2 aromatic heterocycles. The summed E-state index contributed by atoms with van der Waals surface area (Å²) in [5.74, 6) is 0.143. The number of nitrogens with zero attached hydrogens (tertiary/aromatic N) is 1. The van der Waals surface area contributed by atoms with E-state index in [1.165, 1.54) is 11.3 Å². The zero-order valence-corrected chi connectivity index (χ0v) is 16.8. The molecule has 6 heteroatoms. The minimum absolute atomic E-state index is 0.0263. The standard InChI is InChI=1S/C20H17N3O2S.C2H6/c21-19(25)14-8-9-15-16(11-14)23-20(22-15)13-4-1-3-12(6-7-13)18(24)17-5-2-10-26-17;1-2/h1-3,5-7,9-11,14H,4,8H2,(H2,21,25)(H,22,23);1-2H3. The molecule has 3 N–H and O–H groups in total. The van der Waals surface area contributed by atoms with Crippen LogP contribution in [0, 0.1) is 5.92 Å². The highest BCUT2D eigenvalue weighted by molar-refractivity contribution is 7.12. The molecule has 28 heavy (non-hydrogen) atoms. The number of primary amides is 1. The number of aromatic nitrogens is 2. The van der Waals surface area contributed by atoms with E-state index in [-0.39, 0.29) is 17.6 Å². The molecule has 0 spiro atoms. The highest BCUT2D eigenvalue weighted by Crippen LogP contribution is 2.22. The number of hydrogen-bond acceptors (Lipinski definition) is 4. The Bertz CT molecular complexity index is 1090. The predicted molar refractivity (Wildman–Crippen MR) is 114 cm³/mol. The number of carbonyl (C=O) groups excluding carboxylic acids is 2. The van der Waals surface area contributed by atoms with Gasteiger partial charge < -0.3 is 10.7 Å². The Morgan fingerprint density at radius 3 is 2.82 bits per heavy atom. The third kappa shape index (κ3) is 4.12. The Morgan fingerprint density at radius 1 is 1.29 bits per heavy atom. The van der Waals surface area contributed by atoms with Crippen LogP contribution in [0.5, 0.6) is 0 Å². The van der Waals surface area contributed by atoms with E-state index < -0.39 is 0 Å². The number of ketones is 1. The number of thiophene rings is 1. The molecule has 2 aliphatic carbocycles. The molecule has 0 radical (unpaired) electrons. The summed E-state index contributed by atoms with van der Waals surface area (Å²) in [6, 6.07) is 3.71. The molecule has 2 aliphatic rings. The monoisotopic (exact) mass is 393 g/mol. The number of rotatable bonds is 4. The second-order valence-electron chi connectivity index (χ2n) is 6.23. The first-order valence-electron chi connectivity index (χ1n) is 9.35. The van der Waals surface area contributed by atoms with Gasteiger partial charge in [0.2, 0.25) is 11.7 Å². The van der Waals surface area contributed by atoms with Crippen molar-refractivity contribution in [2.45, 2.75) is 26.7 Å². The first-order valence-corrected chi connectivity index (χ1v) is 10.2. The summed E-state index contributed by atoms with van der Waals surface area (Å²) in [5, 5.41) is 3.56. The first kappa shape index (κ1) is 19.8. The number of imidazole rings is 1. The maximum atomic E-state index is 12.5. The molecule has 0 aromatic carbocycles. The van der Waals surface area contributed by atoms with Crippen LogP contribution < -0.4 is 16.4 Å². The molecule has 0 aliphatic heterocycles. The zero-order chi connectivity index (χ0) is 20.1. The fourth-order valence-corrected chi connectivity index (χ4v) is 3.73. The summed E-state index contributed by atoms with van der Waals surface area (Å²) in [5.41, 5.74) is 7.04. The quantitative estimate of drug-likeness (QED) is 0.783. The van der Waals surface area contributed by atoms with Crippen LogP contribution in [-0.2, 0) is 4.79 Å². The lowest BCUT2D eigenvalue weighted by molar-refractivity contribution is -0.119. The van der Waals surface area contributed by atoms with Crippen LogP contribution in [0.1, 0.15) is 42.2 Å². The van der Waals surface area contributed by atoms with Gasteiger partial charge >= 0.3 is 0 Å². The minimum atomic E-state index is -0.334. The molecule has 4 rings (SSSR count). The maximum Gasteiger partial charge on any atom is 0.224 e. The number of Topliss-reactive ketones (excluding diaryl/α,β-unsaturated/α-hetero) is 1. The molecule has 1 atom stereocenters. The van der Waals surface area contributed by atoms with E-state index in [4.69, 9.17) is 5.73 Å². The molecule has 0 saturated carbocycles. The number of nitrogens with one attached hydrogen (secondary N) is 1. The lowest BCUT2D eigenvalue weighted by Gasteiger charge is -2.06. The lowest BCUT2D eigenvalue weighted by atomic mass is 10.0. The summed E-state index contributed by atoms with van der Waals surface area (Å²) < 4.78 is 0. The van der Waals surface area contributed by atoms with Crippen molar-refractivity contribution in [2.75, 3.05) is 0 Å². The number of nitrogens with two attached hydrogens (primary N) is 1. The van der Waals surface area contributed by atoms with Crippen molar-refractivity contribution in [3.8, 4) is 0 Å². The summed E-state index contributed by atoms with van der Waals surface area (Å²) >= 11 is 1.44. The second kappa shape index (κ2) is 8.80. The van der Waals surface area contributed by atoms with Gasteiger partial charge in [0.25, 0.3) is 0 Å². The van der Waals surface area contributed by atoms with Gasteiger partial charge in [-0.25, -0.2) is 4.98 Å². The van der Waals surface area contributed by atoms with Gasteiger partial charge in [0.15, 0.2) is 0 Å². The van der Waals surface area contributed by atoms with E-state index in [1.807, 2.05) is 67.8 Å². The number of hydrogen-bond donors (Lipinski definition) is 2. The van der Waals surface area contributed by atoms with E-state index >= 15 is 0 Å². The molecular formula is C22H23N3O2S. The van der Waals surface area contributed by atoms with Gasteiger partial charge in [-0.05, 0) is 35.9 Å². The fraction of sp³-hybridized carbons (Fsp3) is 0.227. The van der Waals surface area contributed by atoms with E-state index in [0.717, 1.165) is 27.0 Å². The molecule has 0 fully saturated rings. The molecule has 2 heterocycles. The van der Waals surface area contributed by atoms with Gasteiger partial charge in [-0.3, -0.25) is 9.59 Å². The molecule has 144 valence electrons. The number of aromatic amines is 1. The molecule has 5 nitrogen and oxygen atoms in total. The Morgan fingerprint density at radius 2 is 2.11 bits per heavy atom. The summed E-state index contributed by atoms with van der Waals surface area (Å²) in [6.45, 7) is 4.00. The van der Waals surface area contributed by atoms with Crippen molar-refractivity contribution < 1.29 is 9.59 Å². The van der Waals surface area contributed by atoms with Crippen LogP contribution in [0.15, 0.2) is 47.4 Å². The number of carbonyl (C=O) groups is 2. The number of H-pyrrole nitrogens is 1. The molecule has 1 unspecified atom stereocenters. The normalized spacial score (nSPS) is 17.6. The van der Waals surface area contributed by atoms with Gasteiger partial charge in [-0.1, -0.05) is 50.3 Å². The smallest absolute Gasteiger partial charge is 0.224 e. The minimum Gasteiger partial charge on any atom is -0.369 e. The topological polar surface area (TPSA) is 88.8 Å². The van der Waals surface area contributed by atoms with Gasteiger partial charge in [0.1, 0.15) is 5.82 Å². The lowest BCUT2D eigenvalue weighted by Crippen LogP contribution is -2.33. The van der Waals surface area contributed by atoms with Crippen LogP contribution >= 0.6 is 11.3 Å².